The van der Waals surface area contributed by atoms with Crippen molar-refractivity contribution in [3.63, 3.8) is 0 Å². The van der Waals surface area contributed by atoms with Crippen molar-refractivity contribution >= 4 is 5.97 Å². The standard InChI is InChI=1S/C10H10N2O2/c1-7-8(2-3-10(13)14)5-12-6-9(7)4-11/h5-6H,2-3H2,1H3,(H,13,14). The molecule has 1 rings (SSSR count). The predicted octanol–water partition coefficient (Wildman–Crippen LogP) is 1.28. The second-order valence-electron chi connectivity index (χ2n) is 2.98. The van der Waals surface area contributed by atoms with Crippen molar-refractivity contribution in [2.24, 2.45) is 0 Å². The lowest BCUT2D eigenvalue weighted by molar-refractivity contribution is -0.136. The van der Waals surface area contributed by atoms with Gasteiger partial charge in [-0.2, -0.15) is 5.26 Å². The zero-order valence-corrected chi connectivity index (χ0v) is 7.82. The lowest BCUT2D eigenvalue weighted by Gasteiger charge is -2.03. The maximum atomic E-state index is 10.4. The second kappa shape index (κ2) is 4.38. The number of carboxylic acids is 1. The van der Waals surface area contributed by atoms with Gasteiger partial charge >= 0.3 is 5.97 Å². The van der Waals surface area contributed by atoms with Crippen LogP contribution >= 0.6 is 0 Å². The van der Waals surface area contributed by atoms with Gasteiger partial charge in [-0.3, -0.25) is 9.78 Å². The van der Waals surface area contributed by atoms with Gasteiger partial charge in [-0.05, 0) is 24.5 Å². The maximum Gasteiger partial charge on any atom is 0.303 e. The number of hydrogen-bond acceptors (Lipinski definition) is 3. The van der Waals surface area contributed by atoms with E-state index in [1.54, 1.807) is 13.1 Å². The number of nitrogens with zero attached hydrogens (tertiary/aromatic N) is 2. The largest absolute Gasteiger partial charge is 0.481 e. The van der Waals surface area contributed by atoms with Crippen molar-refractivity contribution in [3.8, 4) is 6.07 Å². The molecule has 0 fully saturated rings. The van der Waals surface area contributed by atoms with Crippen LogP contribution in [-0.4, -0.2) is 16.1 Å². The van der Waals surface area contributed by atoms with Crippen LogP contribution < -0.4 is 0 Å². The van der Waals surface area contributed by atoms with Crippen molar-refractivity contribution < 1.29 is 9.90 Å². The van der Waals surface area contributed by atoms with Crippen molar-refractivity contribution in [2.75, 3.05) is 0 Å². The van der Waals surface area contributed by atoms with Gasteiger partial charge in [0.15, 0.2) is 0 Å². The number of aryl methyl sites for hydroxylation is 1. The maximum absolute atomic E-state index is 10.4. The van der Waals surface area contributed by atoms with E-state index in [1.807, 2.05) is 6.07 Å². The van der Waals surface area contributed by atoms with E-state index in [9.17, 15) is 4.79 Å². The SMILES string of the molecule is Cc1c(C#N)cncc1CCC(=O)O. The van der Waals surface area contributed by atoms with Gasteiger partial charge in [-0.15, -0.1) is 0 Å². The minimum Gasteiger partial charge on any atom is -0.481 e. The van der Waals surface area contributed by atoms with E-state index < -0.39 is 5.97 Å². The molecule has 14 heavy (non-hydrogen) atoms. The number of pyridine rings is 1. The third-order valence-electron chi connectivity index (χ3n) is 2.05. The monoisotopic (exact) mass is 190 g/mol. The summed E-state index contributed by atoms with van der Waals surface area (Å²) in [5.74, 6) is -0.841. The molecular weight excluding hydrogens is 180 g/mol. The van der Waals surface area contributed by atoms with Gasteiger partial charge in [0.2, 0.25) is 0 Å². The third kappa shape index (κ3) is 2.30. The van der Waals surface area contributed by atoms with Gasteiger partial charge in [0.1, 0.15) is 6.07 Å². The molecule has 0 aliphatic heterocycles. The first-order valence-corrected chi connectivity index (χ1v) is 4.20. The lowest BCUT2D eigenvalue weighted by Crippen LogP contribution is -2.00. The van der Waals surface area contributed by atoms with Gasteiger partial charge in [0.05, 0.1) is 5.56 Å². The number of aromatic nitrogens is 1. The molecule has 0 unspecified atom stereocenters. The third-order valence-corrected chi connectivity index (χ3v) is 2.05. The molecule has 0 saturated carbocycles. The Morgan fingerprint density at radius 1 is 1.64 bits per heavy atom. The van der Waals surface area contributed by atoms with E-state index in [4.69, 9.17) is 10.4 Å². The predicted molar refractivity (Wildman–Crippen MR) is 49.6 cm³/mol. The fourth-order valence-electron chi connectivity index (χ4n) is 1.17. The molecule has 0 atom stereocenters. The summed E-state index contributed by atoms with van der Waals surface area (Å²) in [6.45, 7) is 1.80. The average Bonchev–Trinajstić information content (AvgIpc) is 2.16. The summed E-state index contributed by atoms with van der Waals surface area (Å²) in [6, 6.07) is 2.01. The highest BCUT2D eigenvalue weighted by atomic mass is 16.4. The molecule has 0 bridgehead atoms. The molecule has 1 N–H and O–H groups in total. The molecule has 0 amide bonds. The zero-order chi connectivity index (χ0) is 10.6. The first-order valence-electron chi connectivity index (χ1n) is 4.20. The first-order chi connectivity index (χ1) is 6.65. The zero-order valence-electron chi connectivity index (χ0n) is 7.82. The Labute approximate surface area is 81.8 Å². The van der Waals surface area contributed by atoms with Crippen molar-refractivity contribution in [2.45, 2.75) is 19.8 Å². The summed E-state index contributed by atoms with van der Waals surface area (Å²) in [5.41, 5.74) is 2.16. The highest BCUT2D eigenvalue weighted by Crippen LogP contribution is 2.12. The van der Waals surface area contributed by atoms with Crippen LogP contribution in [0.4, 0.5) is 0 Å². The van der Waals surface area contributed by atoms with Crippen LogP contribution in [0, 0.1) is 18.3 Å². The van der Waals surface area contributed by atoms with Gasteiger partial charge in [-0.1, -0.05) is 0 Å². The Bertz CT molecular complexity index is 394. The van der Waals surface area contributed by atoms with Crippen LogP contribution in [0.15, 0.2) is 12.4 Å². The Kier molecular flexibility index (Phi) is 3.19. The van der Waals surface area contributed by atoms with Gasteiger partial charge in [0.25, 0.3) is 0 Å². The van der Waals surface area contributed by atoms with E-state index in [-0.39, 0.29) is 6.42 Å². The summed E-state index contributed by atoms with van der Waals surface area (Å²) in [5, 5.41) is 17.2. The van der Waals surface area contributed by atoms with Crippen molar-refractivity contribution in [1.82, 2.24) is 4.98 Å². The number of carbonyl (C=O) groups is 1. The van der Waals surface area contributed by atoms with Gasteiger partial charge in [-0.25, -0.2) is 0 Å². The summed E-state index contributed by atoms with van der Waals surface area (Å²) in [4.78, 5) is 14.2. The number of aliphatic carboxylic acids is 1. The van der Waals surface area contributed by atoms with Crippen molar-refractivity contribution in [3.05, 3.63) is 29.1 Å². The topological polar surface area (TPSA) is 74.0 Å². The summed E-state index contributed by atoms with van der Waals surface area (Å²) in [7, 11) is 0. The fourth-order valence-corrected chi connectivity index (χ4v) is 1.17. The van der Waals surface area contributed by atoms with Gasteiger partial charge < -0.3 is 5.11 Å². The summed E-state index contributed by atoms with van der Waals surface area (Å²) < 4.78 is 0. The van der Waals surface area contributed by atoms with E-state index in [1.165, 1.54) is 6.20 Å². The molecule has 0 spiro atoms. The molecular formula is C10H10N2O2. The number of rotatable bonds is 3. The quantitative estimate of drug-likeness (QED) is 0.779. The van der Waals surface area contributed by atoms with E-state index in [0.717, 1.165) is 11.1 Å². The molecule has 1 heterocycles. The Morgan fingerprint density at radius 3 is 2.93 bits per heavy atom. The summed E-state index contributed by atoms with van der Waals surface area (Å²) >= 11 is 0. The Balaban J connectivity index is 2.88. The number of carboxylic acid groups (broad SMARTS) is 1. The average molecular weight is 190 g/mol. The molecule has 4 heteroatoms. The molecule has 0 aliphatic rings. The van der Waals surface area contributed by atoms with Crippen LogP contribution in [-0.2, 0) is 11.2 Å². The van der Waals surface area contributed by atoms with Crippen LogP contribution in [0.2, 0.25) is 0 Å². The normalized spacial score (nSPS) is 9.43. The van der Waals surface area contributed by atoms with Crippen molar-refractivity contribution in [1.29, 1.82) is 5.26 Å². The highest BCUT2D eigenvalue weighted by Gasteiger charge is 2.05. The van der Waals surface area contributed by atoms with E-state index in [2.05, 4.69) is 4.98 Å². The second-order valence-corrected chi connectivity index (χ2v) is 2.98. The molecule has 0 aliphatic carbocycles. The molecule has 72 valence electrons. The molecule has 1 aromatic rings. The van der Waals surface area contributed by atoms with Crippen LogP contribution in [0.1, 0.15) is 23.1 Å². The minimum absolute atomic E-state index is 0.0669. The van der Waals surface area contributed by atoms with Crippen LogP contribution in [0.3, 0.4) is 0 Å². The van der Waals surface area contributed by atoms with E-state index in [0.29, 0.717) is 12.0 Å². The first kappa shape index (κ1) is 10.2. The lowest BCUT2D eigenvalue weighted by atomic mass is 10.0. The molecule has 0 radical (unpaired) electrons. The Morgan fingerprint density at radius 2 is 2.36 bits per heavy atom. The number of nitriles is 1. The van der Waals surface area contributed by atoms with Crippen LogP contribution in [0.25, 0.3) is 0 Å². The smallest absolute Gasteiger partial charge is 0.303 e. The van der Waals surface area contributed by atoms with Gasteiger partial charge in [0, 0.05) is 18.8 Å². The summed E-state index contributed by atoms with van der Waals surface area (Å²) in [6.07, 6.45) is 3.58. The van der Waals surface area contributed by atoms with Crippen LogP contribution in [0.5, 0.6) is 0 Å². The molecule has 0 saturated heterocycles. The molecule has 0 aromatic carbocycles. The molecule has 4 nitrogen and oxygen atoms in total. The Hall–Kier alpha value is -1.89. The van der Waals surface area contributed by atoms with E-state index >= 15 is 0 Å². The number of hydrogen-bond donors (Lipinski definition) is 1. The fraction of sp³-hybridized carbons (Fsp3) is 0.300. The highest BCUT2D eigenvalue weighted by molar-refractivity contribution is 5.67. The molecule has 1 aromatic heterocycles. The minimum atomic E-state index is -0.841.